The van der Waals surface area contributed by atoms with Crippen LogP contribution in [0.3, 0.4) is 0 Å². The second-order valence-electron chi connectivity index (χ2n) is 5.27. The van der Waals surface area contributed by atoms with E-state index in [1.54, 1.807) is 18.5 Å². The molecule has 5 nitrogen and oxygen atoms in total. The summed E-state index contributed by atoms with van der Waals surface area (Å²) in [5.41, 5.74) is 7.18. The van der Waals surface area contributed by atoms with Gasteiger partial charge in [0.1, 0.15) is 12.4 Å². The average molecular weight is 284 g/mol. The Morgan fingerprint density at radius 3 is 2.81 bits per heavy atom. The number of para-hydroxylation sites is 2. The van der Waals surface area contributed by atoms with Crippen LogP contribution in [0.1, 0.15) is 18.7 Å². The topological polar surface area (TPSA) is 64.3 Å². The normalized spacial score (nSPS) is 18.5. The first-order valence-corrected chi connectivity index (χ1v) is 7.31. The Morgan fingerprint density at radius 1 is 1.19 bits per heavy atom. The molecule has 0 saturated carbocycles. The van der Waals surface area contributed by atoms with Crippen LogP contribution in [0, 0.1) is 0 Å². The van der Waals surface area contributed by atoms with E-state index < -0.39 is 0 Å². The minimum absolute atomic E-state index is 0.240. The predicted octanol–water partition coefficient (Wildman–Crippen LogP) is 1.98. The molecular weight excluding hydrogens is 264 g/mol. The van der Waals surface area contributed by atoms with Gasteiger partial charge in [0.05, 0.1) is 5.69 Å². The number of anilines is 1. The fourth-order valence-corrected chi connectivity index (χ4v) is 2.62. The van der Waals surface area contributed by atoms with Gasteiger partial charge in [0.25, 0.3) is 0 Å². The summed E-state index contributed by atoms with van der Waals surface area (Å²) in [5, 5.41) is 0. The van der Waals surface area contributed by atoms with Crippen molar-refractivity contribution in [2.24, 2.45) is 5.73 Å². The van der Waals surface area contributed by atoms with Crippen molar-refractivity contribution in [1.82, 2.24) is 9.97 Å². The molecule has 0 spiro atoms. The average Bonchev–Trinajstić information content (AvgIpc) is 2.54. The quantitative estimate of drug-likeness (QED) is 0.930. The molecule has 1 aromatic carbocycles. The maximum absolute atomic E-state index is 6.08. The van der Waals surface area contributed by atoms with Crippen molar-refractivity contribution in [2.75, 3.05) is 18.0 Å². The fourth-order valence-electron chi connectivity index (χ4n) is 2.62. The summed E-state index contributed by atoms with van der Waals surface area (Å²) in [6.45, 7) is 2.27. The lowest BCUT2D eigenvalue weighted by Crippen LogP contribution is -2.42. The smallest absolute Gasteiger partial charge is 0.166 e. The Morgan fingerprint density at radius 2 is 2.00 bits per heavy atom. The van der Waals surface area contributed by atoms with Gasteiger partial charge >= 0.3 is 0 Å². The second kappa shape index (κ2) is 6.54. The zero-order valence-electron chi connectivity index (χ0n) is 12.0. The van der Waals surface area contributed by atoms with Crippen LogP contribution in [0.4, 0.5) is 5.69 Å². The number of ether oxygens (including phenoxy) is 1. The number of nitrogens with two attached hydrogens (primary N) is 1. The van der Waals surface area contributed by atoms with Crippen molar-refractivity contribution in [3.05, 3.63) is 48.5 Å². The number of hydrogen-bond donors (Lipinski definition) is 1. The van der Waals surface area contributed by atoms with Crippen LogP contribution in [0.15, 0.2) is 42.7 Å². The van der Waals surface area contributed by atoms with Gasteiger partial charge in [0.2, 0.25) is 0 Å². The Hall–Kier alpha value is -2.14. The maximum atomic E-state index is 6.08. The highest BCUT2D eigenvalue weighted by molar-refractivity contribution is 5.58. The van der Waals surface area contributed by atoms with Gasteiger partial charge in [0, 0.05) is 31.5 Å². The van der Waals surface area contributed by atoms with Crippen LogP contribution < -0.4 is 15.4 Å². The van der Waals surface area contributed by atoms with Gasteiger partial charge in [-0.25, -0.2) is 9.97 Å². The van der Waals surface area contributed by atoms with Crippen LogP contribution in [0.2, 0.25) is 0 Å². The summed E-state index contributed by atoms with van der Waals surface area (Å²) >= 11 is 0. The van der Waals surface area contributed by atoms with Gasteiger partial charge in [-0.3, -0.25) is 0 Å². The molecule has 0 bridgehead atoms. The van der Waals surface area contributed by atoms with Crippen LogP contribution >= 0.6 is 0 Å². The number of nitrogens with zero attached hydrogens (tertiary/aromatic N) is 3. The molecule has 1 saturated heterocycles. The predicted molar refractivity (Wildman–Crippen MR) is 82.2 cm³/mol. The first kappa shape index (κ1) is 13.8. The largest absolute Gasteiger partial charge is 0.483 e. The minimum atomic E-state index is 0.240. The zero-order valence-corrected chi connectivity index (χ0v) is 12.0. The molecule has 5 heteroatoms. The highest BCUT2D eigenvalue weighted by Gasteiger charge is 2.19. The van der Waals surface area contributed by atoms with Crippen LogP contribution in [0.25, 0.3) is 0 Å². The molecule has 1 atom stereocenters. The Labute approximate surface area is 124 Å². The standard InChI is InChI=1S/C16H20N4O/c17-13-5-3-10-20(11-13)14-6-1-2-7-15(14)21-12-16-18-8-4-9-19-16/h1-2,4,6-9,13H,3,5,10-12,17H2. The monoisotopic (exact) mass is 284 g/mol. The number of benzene rings is 1. The Kier molecular flexibility index (Phi) is 4.31. The van der Waals surface area contributed by atoms with E-state index in [2.05, 4.69) is 20.9 Å². The van der Waals surface area contributed by atoms with Crippen molar-refractivity contribution in [3.8, 4) is 5.75 Å². The first-order valence-electron chi connectivity index (χ1n) is 7.31. The highest BCUT2D eigenvalue weighted by Crippen LogP contribution is 2.30. The van der Waals surface area contributed by atoms with E-state index >= 15 is 0 Å². The van der Waals surface area contributed by atoms with E-state index in [1.807, 2.05) is 18.2 Å². The molecule has 0 aliphatic carbocycles. The molecule has 1 fully saturated rings. The van der Waals surface area contributed by atoms with E-state index in [0.717, 1.165) is 37.4 Å². The van der Waals surface area contributed by atoms with Gasteiger partial charge in [-0.2, -0.15) is 0 Å². The van der Waals surface area contributed by atoms with Crippen molar-refractivity contribution >= 4 is 5.69 Å². The molecule has 21 heavy (non-hydrogen) atoms. The van der Waals surface area contributed by atoms with Gasteiger partial charge in [-0.05, 0) is 31.0 Å². The van der Waals surface area contributed by atoms with Crippen molar-refractivity contribution in [1.29, 1.82) is 0 Å². The van der Waals surface area contributed by atoms with E-state index in [1.165, 1.54) is 0 Å². The van der Waals surface area contributed by atoms with Crippen LogP contribution in [-0.4, -0.2) is 29.1 Å². The van der Waals surface area contributed by atoms with Crippen molar-refractivity contribution in [3.63, 3.8) is 0 Å². The molecule has 1 unspecified atom stereocenters. The first-order chi connectivity index (χ1) is 10.3. The van der Waals surface area contributed by atoms with Gasteiger partial charge in [-0.1, -0.05) is 12.1 Å². The molecule has 2 heterocycles. The van der Waals surface area contributed by atoms with E-state index in [0.29, 0.717) is 12.4 Å². The molecule has 0 amide bonds. The summed E-state index contributed by atoms with van der Waals surface area (Å²) in [6, 6.07) is 10.1. The Bertz CT molecular complexity index is 575. The van der Waals surface area contributed by atoms with Crippen LogP contribution in [-0.2, 0) is 6.61 Å². The number of rotatable bonds is 4. The minimum Gasteiger partial charge on any atom is -0.483 e. The lowest BCUT2D eigenvalue weighted by atomic mass is 10.1. The zero-order chi connectivity index (χ0) is 14.5. The van der Waals surface area contributed by atoms with Crippen molar-refractivity contribution in [2.45, 2.75) is 25.5 Å². The van der Waals surface area contributed by atoms with Gasteiger partial charge < -0.3 is 15.4 Å². The maximum Gasteiger partial charge on any atom is 0.166 e. The molecule has 2 aromatic rings. The SMILES string of the molecule is NC1CCCN(c2ccccc2OCc2ncccn2)C1. The lowest BCUT2D eigenvalue weighted by molar-refractivity contribution is 0.295. The molecular formula is C16H20N4O. The highest BCUT2D eigenvalue weighted by atomic mass is 16.5. The molecule has 1 aromatic heterocycles. The molecule has 0 radical (unpaired) electrons. The number of aromatic nitrogens is 2. The third-order valence-electron chi connectivity index (χ3n) is 3.64. The molecule has 110 valence electrons. The fraction of sp³-hybridized carbons (Fsp3) is 0.375. The van der Waals surface area contributed by atoms with Crippen LogP contribution in [0.5, 0.6) is 5.75 Å². The number of hydrogen-bond acceptors (Lipinski definition) is 5. The van der Waals surface area contributed by atoms with Crippen molar-refractivity contribution < 1.29 is 4.74 Å². The third kappa shape index (κ3) is 3.49. The molecule has 2 N–H and O–H groups in total. The van der Waals surface area contributed by atoms with Gasteiger partial charge in [0.15, 0.2) is 5.82 Å². The lowest BCUT2D eigenvalue weighted by Gasteiger charge is -2.33. The summed E-state index contributed by atoms with van der Waals surface area (Å²) < 4.78 is 5.90. The summed E-state index contributed by atoms with van der Waals surface area (Å²) in [5.74, 6) is 1.54. The van der Waals surface area contributed by atoms with E-state index in [-0.39, 0.29) is 6.04 Å². The van der Waals surface area contributed by atoms with Gasteiger partial charge in [-0.15, -0.1) is 0 Å². The number of piperidine rings is 1. The summed E-state index contributed by atoms with van der Waals surface area (Å²) in [6.07, 6.45) is 5.66. The van der Waals surface area contributed by atoms with E-state index in [4.69, 9.17) is 10.5 Å². The summed E-state index contributed by atoms with van der Waals surface area (Å²) in [4.78, 5) is 10.7. The molecule has 1 aliphatic rings. The second-order valence-corrected chi connectivity index (χ2v) is 5.27. The third-order valence-corrected chi connectivity index (χ3v) is 3.64. The summed E-state index contributed by atoms with van der Waals surface area (Å²) in [7, 11) is 0. The molecule has 1 aliphatic heterocycles. The Balaban J connectivity index is 1.73. The molecule has 3 rings (SSSR count). The van der Waals surface area contributed by atoms with E-state index in [9.17, 15) is 0 Å².